The maximum atomic E-state index is 11.7. The second-order valence-corrected chi connectivity index (χ2v) is 3.88. The van der Waals surface area contributed by atoms with Gasteiger partial charge < -0.3 is 10.2 Å². The first-order valence-electron chi connectivity index (χ1n) is 4.93. The number of benzene rings is 1. The van der Waals surface area contributed by atoms with E-state index >= 15 is 0 Å². The van der Waals surface area contributed by atoms with Crippen LogP contribution >= 0.6 is 11.6 Å². The number of halogens is 1. The van der Waals surface area contributed by atoms with E-state index in [1.165, 1.54) is 0 Å². The molecule has 1 N–H and O–H groups in total. The summed E-state index contributed by atoms with van der Waals surface area (Å²) in [5.74, 6) is 0.609. The van der Waals surface area contributed by atoms with E-state index < -0.39 is 0 Å². The minimum absolute atomic E-state index is 0.138. The Kier molecular flexibility index (Phi) is 2.82. The standard InChI is InChI=1S/C11H13ClN2O/c1-13-9-2-3-10-8(6-9)7-11(15)14(10)5-4-12/h2-3,6,13H,4-5,7H2,1H3. The zero-order valence-corrected chi connectivity index (χ0v) is 9.34. The van der Waals surface area contributed by atoms with Crippen LogP contribution in [0.2, 0.25) is 0 Å². The number of rotatable bonds is 3. The highest BCUT2D eigenvalue weighted by molar-refractivity contribution is 6.18. The summed E-state index contributed by atoms with van der Waals surface area (Å²) < 4.78 is 0. The number of nitrogens with zero attached hydrogens (tertiary/aromatic N) is 1. The van der Waals surface area contributed by atoms with Crippen molar-refractivity contribution in [3.8, 4) is 0 Å². The summed E-state index contributed by atoms with van der Waals surface area (Å²) in [6, 6.07) is 5.96. The van der Waals surface area contributed by atoms with Crippen LogP contribution < -0.4 is 10.2 Å². The maximum absolute atomic E-state index is 11.7. The average Bonchev–Trinajstić information content (AvgIpc) is 2.55. The molecule has 80 valence electrons. The number of carbonyl (C=O) groups excluding carboxylic acids is 1. The van der Waals surface area contributed by atoms with Gasteiger partial charge in [0.2, 0.25) is 5.91 Å². The molecule has 0 fully saturated rings. The lowest BCUT2D eigenvalue weighted by Gasteiger charge is -2.15. The van der Waals surface area contributed by atoms with Gasteiger partial charge in [0, 0.05) is 30.8 Å². The molecule has 0 saturated carbocycles. The van der Waals surface area contributed by atoms with Crippen LogP contribution in [-0.2, 0) is 11.2 Å². The number of hydrogen-bond donors (Lipinski definition) is 1. The van der Waals surface area contributed by atoms with Gasteiger partial charge in [0.1, 0.15) is 0 Å². The van der Waals surface area contributed by atoms with Crippen LogP contribution in [0.25, 0.3) is 0 Å². The second kappa shape index (κ2) is 4.11. The van der Waals surface area contributed by atoms with Crippen LogP contribution in [-0.4, -0.2) is 25.4 Å². The van der Waals surface area contributed by atoms with Crippen molar-refractivity contribution in [3.63, 3.8) is 0 Å². The predicted octanol–water partition coefficient (Wildman–Crippen LogP) is 1.86. The Labute approximate surface area is 94.0 Å². The number of amides is 1. The van der Waals surface area contributed by atoms with Crippen molar-refractivity contribution >= 4 is 28.9 Å². The van der Waals surface area contributed by atoms with E-state index in [-0.39, 0.29) is 5.91 Å². The van der Waals surface area contributed by atoms with E-state index in [2.05, 4.69) is 5.32 Å². The fraction of sp³-hybridized carbons (Fsp3) is 0.364. The molecular formula is C11H13ClN2O. The number of hydrogen-bond acceptors (Lipinski definition) is 2. The quantitative estimate of drug-likeness (QED) is 0.795. The fourth-order valence-electron chi connectivity index (χ4n) is 1.87. The van der Waals surface area contributed by atoms with Crippen LogP contribution in [0.1, 0.15) is 5.56 Å². The molecule has 1 aliphatic rings. The Hall–Kier alpha value is -1.22. The molecule has 0 radical (unpaired) electrons. The molecule has 15 heavy (non-hydrogen) atoms. The molecule has 1 amide bonds. The first-order chi connectivity index (χ1) is 7.26. The molecule has 1 aromatic carbocycles. The Balaban J connectivity index is 2.34. The first kappa shape index (κ1) is 10.3. The van der Waals surface area contributed by atoms with Crippen molar-refractivity contribution in [1.29, 1.82) is 0 Å². The molecule has 4 heteroatoms. The van der Waals surface area contributed by atoms with E-state index in [0.717, 1.165) is 16.9 Å². The summed E-state index contributed by atoms with van der Waals surface area (Å²) in [5, 5.41) is 3.06. The summed E-state index contributed by atoms with van der Waals surface area (Å²) in [5.41, 5.74) is 3.12. The lowest BCUT2D eigenvalue weighted by molar-refractivity contribution is -0.117. The molecule has 1 aliphatic heterocycles. The lowest BCUT2D eigenvalue weighted by Crippen LogP contribution is -2.28. The van der Waals surface area contributed by atoms with E-state index in [9.17, 15) is 4.79 Å². The van der Waals surface area contributed by atoms with Gasteiger partial charge in [-0.3, -0.25) is 4.79 Å². The minimum Gasteiger partial charge on any atom is -0.388 e. The highest BCUT2D eigenvalue weighted by Crippen LogP contribution is 2.30. The van der Waals surface area contributed by atoms with Crippen molar-refractivity contribution in [2.24, 2.45) is 0 Å². The third kappa shape index (κ3) is 1.79. The summed E-state index contributed by atoms with van der Waals surface area (Å²) >= 11 is 5.67. The highest BCUT2D eigenvalue weighted by atomic mass is 35.5. The molecule has 0 bridgehead atoms. The molecular weight excluding hydrogens is 212 g/mol. The van der Waals surface area contributed by atoms with Crippen LogP contribution in [0.3, 0.4) is 0 Å². The fourth-order valence-corrected chi connectivity index (χ4v) is 2.04. The number of carbonyl (C=O) groups is 1. The van der Waals surface area contributed by atoms with Crippen LogP contribution in [0.15, 0.2) is 18.2 Å². The molecule has 0 saturated heterocycles. The first-order valence-corrected chi connectivity index (χ1v) is 5.46. The normalized spacial score (nSPS) is 14.3. The summed E-state index contributed by atoms with van der Waals surface area (Å²) in [6.45, 7) is 0.590. The zero-order valence-electron chi connectivity index (χ0n) is 8.59. The zero-order chi connectivity index (χ0) is 10.8. The summed E-state index contributed by atoms with van der Waals surface area (Å²) in [7, 11) is 1.87. The topological polar surface area (TPSA) is 32.3 Å². The monoisotopic (exact) mass is 224 g/mol. The molecule has 0 aliphatic carbocycles. The SMILES string of the molecule is CNc1ccc2c(c1)CC(=O)N2CCCl. The smallest absolute Gasteiger partial charge is 0.231 e. The van der Waals surface area contributed by atoms with E-state index in [1.807, 2.05) is 25.2 Å². The maximum Gasteiger partial charge on any atom is 0.231 e. The average molecular weight is 225 g/mol. The van der Waals surface area contributed by atoms with Crippen molar-refractivity contribution in [2.75, 3.05) is 29.7 Å². The highest BCUT2D eigenvalue weighted by Gasteiger charge is 2.26. The van der Waals surface area contributed by atoms with Crippen LogP contribution in [0.4, 0.5) is 11.4 Å². The number of fused-ring (bicyclic) bond motifs is 1. The van der Waals surface area contributed by atoms with Crippen LogP contribution in [0.5, 0.6) is 0 Å². The molecule has 3 nitrogen and oxygen atoms in total. The minimum atomic E-state index is 0.138. The van der Waals surface area contributed by atoms with Crippen molar-refractivity contribution in [3.05, 3.63) is 23.8 Å². The third-order valence-electron chi connectivity index (χ3n) is 2.61. The van der Waals surface area contributed by atoms with Gasteiger partial charge in [0.05, 0.1) is 6.42 Å². The Morgan fingerprint density at radius 3 is 3.00 bits per heavy atom. The Bertz CT molecular complexity index is 392. The van der Waals surface area contributed by atoms with Crippen molar-refractivity contribution in [1.82, 2.24) is 0 Å². The van der Waals surface area contributed by atoms with Crippen molar-refractivity contribution in [2.45, 2.75) is 6.42 Å². The number of alkyl halides is 1. The van der Waals surface area contributed by atoms with E-state index in [1.54, 1.807) is 4.90 Å². The summed E-state index contributed by atoms with van der Waals surface area (Å²) in [6.07, 6.45) is 0.488. The van der Waals surface area contributed by atoms with Gasteiger partial charge in [-0.1, -0.05) is 0 Å². The van der Waals surface area contributed by atoms with E-state index in [0.29, 0.717) is 18.8 Å². The Morgan fingerprint density at radius 1 is 1.53 bits per heavy atom. The molecule has 1 aromatic rings. The third-order valence-corrected chi connectivity index (χ3v) is 2.78. The van der Waals surface area contributed by atoms with Gasteiger partial charge in [-0.05, 0) is 23.8 Å². The number of nitrogens with one attached hydrogen (secondary N) is 1. The predicted molar refractivity (Wildman–Crippen MR) is 62.8 cm³/mol. The molecule has 0 unspecified atom stereocenters. The lowest BCUT2D eigenvalue weighted by atomic mass is 10.1. The van der Waals surface area contributed by atoms with Crippen molar-refractivity contribution < 1.29 is 4.79 Å². The number of anilines is 2. The van der Waals surface area contributed by atoms with Gasteiger partial charge in [-0.15, -0.1) is 11.6 Å². The summed E-state index contributed by atoms with van der Waals surface area (Å²) in [4.78, 5) is 13.4. The molecule has 1 heterocycles. The van der Waals surface area contributed by atoms with Gasteiger partial charge in [-0.25, -0.2) is 0 Å². The molecule has 2 rings (SSSR count). The van der Waals surface area contributed by atoms with Gasteiger partial charge >= 0.3 is 0 Å². The van der Waals surface area contributed by atoms with Gasteiger partial charge in [-0.2, -0.15) is 0 Å². The van der Waals surface area contributed by atoms with Gasteiger partial charge in [0.15, 0.2) is 0 Å². The van der Waals surface area contributed by atoms with Crippen LogP contribution in [0, 0.1) is 0 Å². The second-order valence-electron chi connectivity index (χ2n) is 3.50. The van der Waals surface area contributed by atoms with E-state index in [4.69, 9.17) is 11.6 Å². The molecule has 0 atom stereocenters. The molecule has 0 aromatic heterocycles. The largest absolute Gasteiger partial charge is 0.388 e. The molecule has 0 spiro atoms. The van der Waals surface area contributed by atoms with Gasteiger partial charge in [0.25, 0.3) is 0 Å². The Morgan fingerprint density at radius 2 is 2.33 bits per heavy atom.